The molecule has 2 nitrogen and oxygen atoms in total. The smallest absolute Gasteiger partial charge is 0.177 e. The van der Waals surface area contributed by atoms with Gasteiger partial charge in [-0.1, -0.05) is 59.8 Å². The normalized spacial score (nSPS) is 17.7. The van der Waals surface area contributed by atoms with E-state index in [-0.39, 0.29) is 0 Å². The average Bonchev–Trinajstić information content (AvgIpc) is 3.29. The second-order valence-corrected chi connectivity index (χ2v) is 6.80. The van der Waals surface area contributed by atoms with Crippen molar-refractivity contribution in [1.29, 1.82) is 0 Å². The van der Waals surface area contributed by atoms with Crippen LogP contribution in [0.15, 0.2) is 70.6 Å². The Morgan fingerprint density at radius 1 is 0.957 bits per heavy atom. The molecule has 1 aliphatic rings. The summed E-state index contributed by atoms with van der Waals surface area (Å²) in [4.78, 5) is 0. The third-order valence-electron chi connectivity index (χ3n) is 4.62. The predicted molar refractivity (Wildman–Crippen MR) is 92.7 cm³/mol. The summed E-state index contributed by atoms with van der Waals surface area (Å²) in [6.07, 6.45) is 1.02. The molecule has 0 spiro atoms. The minimum Gasteiger partial charge on any atom is -0.355 e. The largest absolute Gasteiger partial charge is 0.355 e. The first-order valence-corrected chi connectivity index (χ1v) is 8.63. The number of aromatic nitrogens is 1. The average molecular weight is 316 g/mol. The van der Waals surface area contributed by atoms with Crippen LogP contribution in [0.25, 0.3) is 10.3 Å². The van der Waals surface area contributed by atoms with Crippen LogP contribution in [0.5, 0.6) is 0 Å². The topological polar surface area (TPSA) is 26.0 Å². The molecular formula is C20H14NOS. The van der Waals surface area contributed by atoms with Crippen molar-refractivity contribution in [3.8, 4) is 0 Å². The Morgan fingerprint density at radius 2 is 1.78 bits per heavy atom. The molecule has 2 aromatic heterocycles. The van der Waals surface area contributed by atoms with Crippen LogP contribution >= 0.6 is 11.3 Å². The fourth-order valence-electron chi connectivity index (χ4n) is 3.58. The van der Waals surface area contributed by atoms with Crippen LogP contribution in [0.4, 0.5) is 0 Å². The zero-order chi connectivity index (χ0) is 15.2. The zero-order valence-electron chi connectivity index (χ0n) is 12.4. The third-order valence-corrected chi connectivity index (χ3v) is 5.52. The van der Waals surface area contributed by atoms with Gasteiger partial charge in [0.15, 0.2) is 5.58 Å². The van der Waals surface area contributed by atoms with Crippen molar-refractivity contribution in [2.75, 3.05) is 0 Å². The Labute approximate surface area is 138 Å². The van der Waals surface area contributed by atoms with Crippen molar-refractivity contribution < 1.29 is 4.52 Å². The highest BCUT2D eigenvalue weighted by Gasteiger charge is 2.38. The Morgan fingerprint density at radius 3 is 2.70 bits per heavy atom. The first-order chi connectivity index (χ1) is 11.4. The molecule has 4 aromatic rings. The van der Waals surface area contributed by atoms with E-state index in [1.807, 2.05) is 6.07 Å². The van der Waals surface area contributed by atoms with Crippen molar-refractivity contribution in [3.05, 3.63) is 94.3 Å². The van der Waals surface area contributed by atoms with Gasteiger partial charge in [-0.05, 0) is 34.6 Å². The molecule has 2 heterocycles. The molecule has 0 fully saturated rings. The maximum Gasteiger partial charge on any atom is 0.177 e. The molecule has 2 aromatic carbocycles. The Bertz CT molecular complexity index is 969. The SMILES string of the molecule is c1ccc(C2Cc3ccccc3[C]2c2noc3ccsc23)cc1. The summed E-state index contributed by atoms with van der Waals surface area (Å²) in [6, 6.07) is 21.4. The number of hydrogen-bond acceptors (Lipinski definition) is 3. The number of fused-ring (bicyclic) bond motifs is 2. The second kappa shape index (κ2) is 5.07. The van der Waals surface area contributed by atoms with Crippen LogP contribution in [0.1, 0.15) is 28.3 Å². The highest BCUT2D eigenvalue weighted by atomic mass is 32.1. The molecule has 23 heavy (non-hydrogen) atoms. The summed E-state index contributed by atoms with van der Waals surface area (Å²) in [5.41, 5.74) is 5.93. The van der Waals surface area contributed by atoms with E-state index in [9.17, 15) is 0 Å². The van der Waals surface area contributed by atoms with Gasteiger partial charge in [0.05, 0.1) is 10.6 Å². The molecule has 5 rings (SSSR count). The Hall–Kier alpha value is -2.39. The summed E-state index contributed by atoms with van der Waals surface area (Å²) < 4.78 is 6.69. The molecule has 1 aliphatic carbocycles. The van der Waals surface area contributed by atoms with Gasteiger partial charge in [0.25, 0.3) is 0 Å². The fourth-order valence-corrected chi connectivity index (χ4v) is 4.39. The molecule has 0 saturated heterocycles. The van der Waals surface area contributed by atoms with Crippen molar-refractivity contribution in [2.45, 2.75) is 12.3 Å². The van der Waals surface area contributed by atoms with Crippen molar-refractivity contribution in [1.82, 2.24) is 5.16 Å². The number of rotatable bonds is 2. The van der Waals surface area contributed by atoms with Gasteiger partial charge in [-0.3, -0.25) is 0 Å². The number of thiophene rings is 1. The molecule has 0 saturated carbocycles. The second-order valence-electron chi connectivity index (χ2n) is 5.88. The van der Waals surface area contributed by atoms with Crippen molar-refractivity contribution >= 4 is 21.6 Å². The zero-order valence-corrected chi connectivity index (χ0v) is 13.2. The van der Waals surface area contributed by atoms with Crippen LogP contribution in [-0.4, -0.2) is 5.16 Å². The van der Waals surface area contributed by atoms with E-state index in [1.165, 1.54) is 22.6 Å². The fraction of sp³-hybridized carbons (Fsp3) is 0.100. The van der Waals surface area contributed by atoms with E-state index in [0.29, 0.717) is 5.92 Å². The molecule has 0 aliphatic heterocycles. The lowest BCUT2D eigenvalue weighted by molar-refractivity contribution is 0.448. The van der Waals surface area contributed by atoms with Gasteiger partial charge in [0.2, 0.25) is 0 Å². The molecule has 3 heteroatoms. The summed E-state index contributed by atoms with van der Waals surface area (Å²) in [7, 11) is 0. The molecule has 0 N–H and O–H groups in total. The number of hydrogen-bond donors (Lipinski definition) is 0. The van der Waals surface area contributed by atoms with E-state index < -0.39 is 0 Å². The van der Waals surface area contributed by atoms with E-state index in [1.54, 1.807) is 11.3 Å². The van der Waals surface area contributed by atoms with Gasteiger partial charge < -0.3 is 4.52 Å². The van der Waals surface area contributed by atoms with Crippen LogP contribution in [0.3, 0.4) is 0 Å². The number of benzene rings is 2. The maximum atomic E-state index is 5.54. The molecule has 1 unspecified atom stereocenters. The van der Waals surface area contributed by atoms with E-state index in [0.717, 1.165) is 22.4 Å². The summed E-state index contributed by atoms with van der Waals surface area (Å²) in [6.45, 7) is 0. The monoisotopic (exact) mass is 316 g/mol. The first kappa shape index (κ1) is 13.1. The summed E-state index contributed by atoms with van der Waals surface area (Å²) >= 11 is 1.70. The summed E-state index contributed by atoms with van der Waals surface area (Å²) in [5, 5.41) is 6.48. The summed E-state index contributed by atoms with van der Waals surface area (Å²) in [5.74, 6) is 1.64. The minimum absolute atomic E-state index is 0.337. The van der Waals surface area contributed by atoms with Crippen LogP contribution in [0, 0.1) is 5.92 Å². The Balaban J connectivity index is 1.72. The van der Waals surface area contributed by atoms with Crippen LogP contribution < -0.4 is 0 Å². The first-order valence-electron chi connectivity index (χ1n) is 7.75. The lowest BCUT2D eigenvalue weighted by atomic mass is 9.84. The van der Waals surface area contributed by atoms with Gasteiger partial charge >= 0.3 is 0 Å². The van der Waals surface area contributed by atoms with Gasteiger partial charge in [-0.2, -0.15) is 0 Å². The predicted octanol–water partition coefficient (Wildman–Crippen LogP) is 5.20. The quantitative estimate of drug-likeness (QED) is 0.508. The van der Waals surface area contributed by atoms with Gasteiger partial charge in [0, 0.05) is 5.92 Å². The maximum absolute atomic E-state index is 5.54. The van der Waals surface area contributed by atoms with Crippen molar-refractivity contribution in [2.24, 2.45) is 0 Å². The highest BCUT2D eigenvalue weighted by Crippen LogP contribution is 2.48. The van der Waals surface area contributed by atoms with Gasteiger partial charge in [0.1, 0.15) is 5.69 Å². The highest BCUT2D eigenvalue weighted by molar-refractivity contribution is 7.17. The van der Waals surface area contributed by atoms with Crippen LogP contribution in [0.2, 0.25) is 0 Å². The van der Waals surface area contributed by atoms with E-state index in [2.05, 4.69) is 65.1 Å². The molecule has 0 amide bonds. The van der Waals surface area contributed by atoms with Crippen molar-refractivity contribution in [3.63, 3.8) is 0 Å². The van der Waals surface area contributed by atoms with E-state index in [4.69, 9.17) is 4.52 Å². The molecule has 1 atom stereocenters. The van der Waals surface area contributed by atoms with Gasteiger partial charge in [-0.25, -0.2) is 0 Å². The molecule has 111 valence electrons. The molecular weight excluding hydrogens is 302 g/mol. The van der Waals surface area contributed by atoms with Crippen LogP contribution in [-0.2, 0) is 6.42 Å². The standard InChI is InChI=1S/C20H14NOS/c1-2-6-13(7-3-1)16-12-14-8-4-5-9-15(14)18(16)19-20-17(22-21-19)10-11-23-20/h1-11,16H,12H2. The lowest BCUT2D eigenvalue weighted by Crippen LogP contribution is -2.09. The Kier molecular flexibility index (Phi) is 2.88. The lowest BCUT2D eigenvalue weighted by Gasteiger charge is -2.18. The number of nitrogens with zero attached hydrogens (tertiary/aromatic N) is 1. The minimum atomic E-state index is 0.337. The molecule has 0 bridgehead atoms. The van der Waals surface area contributed by atoms with Gasteiger partial charge in [-0.15, -0.1) is 11.3 Å². The third kappa shape index (κ3) is 1.97. The van der Waals surface area contributed by atoms with E-state index >= 15 is 0 Å². The molecule has 1 radical (unpaired) electrons.